The van der Waals surface area contributed by atoms with Crippen molar-refractivity contribution < 1.29 is 4.73 Å². The van der Waals surface area contributed by atoms with Crippen molar-refractivity contribution in [2.24, 2.45) is 0 Å². The Morgan fingerprint density at radius 2 is 1.39 bits per heavy atom. The van der Waals surface area contributed by atoms with Gasteiger partial charge in [0.15, 0.2) is 6.20 Å². The van der Waals surface area contributed by atoms with Gasteiger partial charge in [0.2, 0.25) is 0 Å². The summed E-state index contributed by atoms with van der Waals surface area (Å²) >= 11 is 1.58. The maximum absolute atomic E-state index is 11.9. The molecule has 0 aliphatic carbocycles. The highest BCUT2D eigenvalue weighted by molar-refractivity contribution is 7.98. The largest absolute Gasteiger partial charge is 0.618 e. The van der Waals surface area contributed by atoms with E-state index in [9.17, 15) is 5.21 Å². The molecule has 4 aromatic rings. The summed E-state index contributed by atoms with van der Waals surface area (Å²) in [5, 5.41) is 17.6. The van der Waals surface area contributed by atoms with Gasteiger partial charge in [-0.05, 0) is 39.2 Å². The Kier molecular flexibility index (Phi) is 3.64. The lowest BCUT2D eigenvalue weighted by Gasteiger charge is -2.11. The van der Waals surface area contributed by atoms with Gasteiger partial charge in [0.05, 0.1) is 0 Å². The van der Waals surface area contributed by atoms with Gasteiger partial charge in [-0.3, -0.25) is 0 Å². The van der Waals surface area contributed by atoms with E-state index in [2.05, 4.69) is 54.6 Å². The maximum atomic E-state index is 11.9. The van der Waals surface area contributed by atoms with E-state index in [0.29, 0.717) is 0 Å². The van der Waals surface area contributed by atoms with Crippen LogP contribution in [0.1, 0.15) is 5.56 Å². The Morgan fingerprint density at radius 3 is 2.04 bits per heavy atom. The molecule has 0 N–H and O–H groups in total. The second-order valence-electron chi connectivity index (χ2n) is 5.45. The van der Waals surface area contributed by atoms with E-state index in [-0.39, 0.29) is 0 Å². The van der Waals surface area contributed by atoms with E-state index in [4.69, 9.17) is 0 Å². The fourth-order valence-corrected chi connectivity index (χ4v) is 3.90. The first-order valence-electron chi connectivity index (χ1n) is 7.53. The van der Waals surface area contributed by atoms with E-state index in [1.54, 1.807) is 24.0 Å². The van der Waals surface area contributed by atoms with Gasteiger partial charge in [0.1, 0.15) is 0 Å². The van der Waals surface area contributed by atoms with Crippen molar-refractivity contribution in [1.29, 1.82) is 0 Å². The van der Waals surface area contributed by atoms with Crippen molar-refractivity contribution in [1.82, 2.24) is 0 Å². The van der Waals surface area contributed by atoms with Gasteiger partial charge >= 0.3 is 0 Å². The molecule has 3 aromatic carbocycles. The van der Waals surface area contributed by atoms with Gasteiger partial charge in [-0.25, -0.2) is 0 Å². The molecule has 0 amide bonds. The fourth-order valence-electron chi connectivity index (χ4n) is 2.93. The molecule has 1 heterocycles. The first kappa shape index (κ1) is 14.1. The van der Waals surface area contributed by atoms with E-state index in [1.807, 2.05) is 12.1 Å². The second-order valence-corrected chi connectivity index (χ2v) is 6.45. The van der Waals surface area contributed by atoms with Gasteiger partial charge in [0.25, 0.3) is 5.03 Å². The van der Waals surface area contributed by atoms with Crippen molar-refractivity contribution in [2.75, 3.05) is 0 Å². The number of hydrogen-bond acceptors (Lipinski definition) is 2. The molecular formula is C20H15NOS. The predicted octanol–water partition coefficient (Wildman–Crippen LogP) is 4.92. The third kappa shape index (κ3) is 2.64. The molecule has 0 saturated heterocycles. The summed E-state index contributed by atoms with van der Waals surface area (Å²) in [4.78, 5) is 0. The van der Waals surface area contributed by atoms with Crippen LogP contribution in [0.5, 0.6) is 0 Å². The highest BCUT2D eigenvalue weighted by Gasteiger charge is 2.10. The molecule has 0 unspecified atom stereocenters. The van der Waals surface area contributed by atoms with E-state index in [1.165, 1.54) is 27.1 Å². The van der Waals surface area contributed by atoms with Gasteiger partial charge < -0.3 is 5.21 Å². The number of nitrogens with zero attached hydrogens (tertiary/aromatic N) is 1. The van der Waals surface area contributed by atoms with Crippen LogP contribution in [-0.4, -0.2) is 0 Å². The van der Waals surface area contributed by atoms with Gasteiger partial charge in [-0.2, -0.15) is 4.73 Å². The van der Waals surface area contributed by atoms with E-state index >= 15 is 0 Å². The van der Waals surface area contributed by atoms with Crippen molar-refractivity contribution in [3.8, 4) is 0 Å². The lowest BCUT2D eigenvalue weighted by molar-refractivity contribution is -0.645. The minimum atomic E-state index is 0.726. The normalized spacial score (nSPS) is 11.1. The van der Waals surface area contributed by atoms with Crippen molar-refractivity contribution in [2.45, 2.75) is 10.8 Å². The molecule has 1 aromatic heterocycles. The number of fused-ring (bicyclic) bond motifs is 2. The SMILES string of the molecule is [O-][n+]1ccccc1SCc1c2ccccc2cc2ccccc12. The standard InChI is InChI=1S/C20H15NOS/c22-21-12-6-5-11-20(21)23-14-19-17-9-3-1-7-15(17)13-16-8-2-4-10-18(16)19/h1-13H,14H2. The number of thioether (sulfide) groups is 1. The van der Waals surface area contributed by atoms with Crippen LogP contribution in [0.15, 0.2) is 84.0 Å². The zero-order valence-corrected chi connectivity index (χ0v) is 13.3. The van der Waals surface area contributed by atoms with Crippen molar-refractivity contribution >= 4 is 33.3 Å². The predicted molar refractivity (Wildman–Crippen MR) is 96.4 cm³/mol. The Morgan fingerprint density at radius 1 is 0.783 bits per heavy atom. The van der Waals surface area contributed by atoms with Crippen LogP contribution in [-0.2, 0) is 5.75 Å². The van der Waals surface area contributed by atoms with Crippen LogP contribution in [0.2, 0.25) is 0 Å². The fraction of sp³-hybridized carbons (Fsp3) is 0.0500. The minimum absolute atomic E-state index is 0.726. The average Bonchev–Trinajstić information content (AvgIpc) is 2.60. The first-order valence-corrected chi connectivity index (χ1v) is 8.52. The average molecular weight is 317 g/mol. The Hall–Kier alpha value is -2.52. The molecule has 0 radical (unpaired) electrons. The molecule has 0 atom stereocenters. The molecule has 23 heavy (non-hydrogen) atoms. The lowest BCUT2D eigenvalue weighted by atomic mass is 9.98. The zero-order chi connectivity index (χ0) is 15.6. The molecule has 112 valence electrons. The Labute approximate surface area is 139 Å². The minimum Gasteiger partial charge on any atom is -0.618 e. The molecule has 4 rings (SSSR count). The summed E-state index contributed by atoms with van der Waals surface area (Å²) in [5.74, 6) is 0.772. The molecule has 3 heteroatoms. The third-order valence-corrected chi connectivity index (χ3v) is 5.08. The zero-order valence-electron chi connectivity index (χ0n) is 12.5. The molecule has 0 bridgehead atoms. The van der Waals surface area contributed by atoms with Crippen molar-refractivity contribution in [3.63, 3.8) is 0 Å². The number of benzene rings is 3. The smallest absolute Gasteiger partial charge is 0.251 e. The van der Waals surface area contributed by atoms with Crippen LogP contribution >= 0.6 is 11.8 Å². The van der Waals surface area contributed by atoms with Gasteiger partial charge in [0, 0.05) is 17.9 Å². The summed E-state index contributed by atoms with van der Waals surface area (Å²) in [6.07, 6.45) is 1.55. The van der Waals surface area contributed by atoms with Crippen molar-refractivity contribution in [3.05, 3.63) is 89.8 Å². The summed E-state index contributed by atoms with van der Waals surface area (Å²) in [7, 11) is 0. The summed E-state index contributed by atoms with van der Waals surface area (Å²) < 4.78 is 0.929. The third-order valence-electron chi connectivity index (χ3n) is 4.04. The summed E-state index contributed by atoms with van der Waals surface area (Å²) in [6.45, 7) is 0. The maximum Gasteiger partial charge on any atom is 0.251 e. The monoisotopic (exact) mass is 317 g/mol. The van der Waals surface area contributed by atoms with Crippen LogP contribution in [0.25, 0.3) is 21.5 Å². The Bertz CT molecular complexity index is 943. The molecule has 0 saturated carbocycles. The van der Waals surface area contributed by atoms with Crippen LogP contribution in [0.4, 0.5) is 0 Å². The number of hydrogen-bond donors (Lipinski definition) is 0. The van der Waals surface area contributed by atoms with E-state index < -0.39 is 0 Å². The van der Waals surface area contributed by atoms with E-state index in [0.717, 1.165) is 15.5 Å². The topological polar surface area (TPSA) is 26.9 Å². The summed E-state index contributed by atoms with van der Waals surface area (Å²) in [6, 6.07) is 24.6. The number of rotatable bonds is 3. The van der Waals surface area contributed by atoms with Crippen LogP contribution in [0.3, 0.4) is 0 Å². The van der Waals surface area contributed by atoms with Crippen LogP contribution < -0.4 is 4.73 Å². The highest BCUT2D eigenvalue weighted by atomic mass is 32.2. The number of pyridine rings is 1. The lowest BCUT2D eigenvalue weighted by Crippen LogP contribution is -2.27. The summed E-state index contributed by atoms with van der Waals surface area (Å²) in [5.41, 5.74) is 1.28. The van der Waals surface area contributed by atoms with Gasteiger partial charge in [-0.1, -0.05) is 60.3 Å². The number of aromatic nitrogens is 1. The second kappa shape index (κ2) is 5.94. The quantitative estimate of drug-likeness (QED) is 0.232. The molecular weight excluding hydrogens is 302 g/mol. The van der Waals surface area contributed by atoms with Gasteiger partial charge in [-0.15, -0.1) is 0 Å². The highest BCUT2D eigenvalue weighted by Crippen LogP contribution is 2.32. The molecule has 0 aliphatic rings. The molecule has 2 nitrogen and oxygen atoms in total. The molecule has 0 spiro atoms. The molecule has 0 aliphatic heterocycles. The first-order chi connectivity index (χ1) is 11.3. The molecule has 0 fully saturated rings. The Balaban J connectivity index is 1.84. The van der Waals surface area contributed by atoms with Crippen LogP contribution in [0, 0.1) is 5.21 Å².